The third kappa shape index (κ3) is 5.52. The van der Waals surface area contributed by atoms with E-state index in [0.717, 1.165) is 60.0 Å². The molecule has 35 heavy (non-hydrogen) atoms. The van der Waals surface area contributed by atoms with Crippen LogP contribution in [0, 0.1) is 0 Å². The molecule has 182 valence electrons. The van der Waals surface area contributed by atoms with Crippen LogP contribution in [0.1, 0.15) is 12.8 Å². The summed E-state index contributed by atoms with van der Waals surface area (Å²) in [6.07, 6.45) is 3.05. The molecule has 2 N–H and O–H groups in total. The van der Waals surface area contributed by atoms with Crippen molar-refractivity contribution in [1.29, 1.82) is 0 Å². The lowest BCUT2D eigenvalue weighted by Crippen LogP contribution is -2.36. The minimum Gasteiger partial charge on any atom is -0.495 e. The van der Waals surface area contributed by atoms with Crippen LogP contribution in [-0.2, 0) is 14.3 Å². The summed E-state index contributed by atoms with van der Waals surface area (Å²) in [6, 6.07) is 15.4. The number of carbonyl (C=O) groups is 1. The first-order chi connectivity index (χ1) is 17.2. The number of hydrogen-bond acceptors (Lipinski definition) is 8. The molecule has 2 aromatic carbocycles. The Balaban J connectivity index is 1.27. The fourth-order valence-corrected chi connectivity index (χ4v) is 4.26. The summed E-state index contributed by atoms with van der Waals surface area (Å²) in [4.78, 5) is 23.6. The lowest BCUT2D eigenvalue weighted by Gasteiger charge is -2.30. The van der Waals surface area contributed by atoms with Crippen molar-refractivity contribution < 1.29 is 19.0 Å². The van der Waals surface area contributed by atoms with Gasteiger partial charge in [-0.3, -0.25) is 4.79 Å². The quantitative estimate of drug-likeness (QED) is 0.532. The van der Waals surface area contributed by atoms with Gasteiger partial charge in [-0.05, 0) is 43.2 Å². The molecule has 0 spiro atoms. The number of ether oxygens (including phenoxy) is 3. The highest BCUT2D eigenvalue weighted by molar-refractivity contribution is 5.94. The second kappa shape index (κ2) is 10.7. The van der Waals surface area contributed by atoms with Gasteiger partial charge in [0.2, 0.25) is 5.95 Å². The molecular formula is C26H29N5O4. The second-order valence-electron chi connectivity index (χ2n) is 8.44. The number of methoxy groups -OCH3 is 1. The first-order valence-electron chi connectivity index (χ1n) is 11.8. The summed E-state index contributed by atoms with van der Waals surface area (Å²) in [6.45, 7) is 3.75. The Bertz CT molecular complexity index is 1160. The van der Waals surface area contributed by atoms with Gasteiger partial charge in [-0.15, -0.1) is 0 Å². The van der Waals surface area contributed by atoms with Crippen LogP contribution in [0.15, 0.2) is 54.7 Å². The molecule has 2 aliphatic rings. The molecule has 2 aliphatic heterocycles. The van der Waals surface area contributed by atoms with E-state index in [2.05, 4.69) is 25.5 Å². The Morgan fingerprint density at radius 2 is 1.86 bits per heavy atom. The molecule has 3 aromatic rings. The summed E-state index contributed by atoms with van der Waals surface area (Å²) in [7, 11) is 1.67. The fraction of sp³-hybridized carbons (Fsp3) is 0.346. The maximum Gasteiger partial charge on any atom is 0.253 e. The van der Waals surface area contributed by atoms with E-state index in [9.17, 15) is 4.79 Å². The van der Waals surface area contributed by atoms with Crippen LogP contribution >= 0.6 is 0 Å². The van der Waals surface area contributed by atoms with Crippen LogP contribution in [0.3, 0.4) is 0 Å². The summed E-state index contributed by atoms with van der Waals surface area (Å²) in [5.41, 5.74) is 4.31. The zero-order chi connectivity index (χ0) is 24.0. The van der Waals surface area contributed by atoms with Crippen molar-refractivity contribution in [3.8, 4) is 17.0 Å². The van der Waals surface area contributed by atoms with E-state index in [1.54, 1.807) is 13.3 Å². The van der Waals surface area contributed by atoms with E-state index < -0.39 is 0 Å². The van der Waals surface area contributed by atoms with E-state index in [1.807, 2.05) is 48.5 Å². The van der Waals surface area contributed by atoms with E-state index in [-0.39, 0.29) is 12.0 Å². The summed E-state index contributed by atoms with van der Waals surface area (Å²) in [5.74, 6) is 1.17. The van der Waals surface area contributed by atoms with Crippen LogP contribution < -0.4 is 20.3 Å². The largest absolute Gasteiger partial charge is 0.495 e. The van der Waals surface area contributed by atoms with Crippen LogP contribution in [0.2, 0.25) is 0 Å². The van der Waals surface area contributed by atoms with E-state index in [0.29, 0.717) is 25.8 Å². The molecule has 9 nitrogen and oxygen atoms in total. The lowest BCUT2D eigenvalue weighted by molar-refractivity contribution is -0.124. The first-order valence-corrected chi connectivity index (χ1v) is 11.8. The minimum absolute atomic E-state index is 0.0983. The van der Waals surface area contributed by atoms with Crippen LogP contribution in [0.5, 0.6) is 5.75 Å². The smallest absolute Gasteiger partial charge is 0.253 e. The van der Waals surface area contributed by atoms with Crippen molar-refractivity contribution in [1.82, 2.24) is 9.97 Å². The lowest BCUT2D eigenvalue weighted by atomic mass is 10.1. The van der Waals surface area contributed by atoms with Gasteiger partial charge in [0.25, 0.3) is 5.91 Å². The van der Waals surface area contributed by atoms with Gasteiger partial charge in [0.1, 0.15) is 11.9 Å². The highest BCUT2D eigenvalue weighted by atomic mass is 16.5. The molecule has 1 amide bonds. The standard InChI is InChI=1S/C26H29N5O4/c1-33-24-17-20(8-9-22(24)31-12-15-34-16-13-31)29-26-27-11-10-21(30-26)18-4-6-19(7-5-18)28-25(32)23-3-2-14-35-23/h4-11,17,23H,2-3,12-16H2,1H3,(H,28,32)(H,27,29,30)/t23-/m1/s1. The normalized spacial score (nSPS) is 17.7. The topological polar surface area (TPSA) is 97.8 Å². The average molecular weight is 476 g/mol. The predicted octanol–water partition coefficient (Wildman–Crippen LogP) is 3.85. The number of amides is 1. The highest BCUT2D eigenvalue weighted by Gasteiger charge is 2.23. The van der Waals surface area contributed by atoms with Gasteiger partial charge >= 0.3 is 0 Å². The SMILES string of the molecule is COc1cc(Nc2nccc(-c3ccc(NC(=O)[C@H]4CCCO4)cc3)n2)ccc1N1CCOCC1. The molecule has 0 saturated carbocycles. The Morgan fingerprint density at radius 1 is 1.06 bits per heavy atom. The van der Waals surface area contributed by atoms with Crippen molar-refractivity contribution in [3.05, 3.63) is 54.7 Å². The number of hydrogen-bond donors (Lipinski definition) is 2. The van der Waals surface area contributed by atoms with Gasteiger partial charge in [0.15, 0.2) is 0 Å². The zero-order valence-electron chi connectivity index (χ0n) is 19.7. The number of rotatable bonds is 7. The number of nitrogens with one attached hydrogen (secondary N) is 2. The molecule has 1 atom stereocenters. The molecule has 0 aliphatic carbocycles. The zero-order valence-corrected chi connectivity index (χ0v) is 19.7. The van der Waals surface area contributed by atoms with Crippen molar-refractivity contribution in [2.45, 2.75) is 18.9 Å². The van der Waals surface area contributed by atoms with Gasteiger partial charge in [0, 0.05) is 48.9 Å². The molecule has 2 fully saturated rings. The molecule has 9 heteroatoms. The van der Waals surface area contributed by atoms with Gasteiger partial charge in [-0.1, -0.05) is 12.1 Å². The average Bonchev–Trinajstić information content (AvgIpc) is 3.45. The third-order valence-electron chi connectivity index (χ3n) is 6.11. The Hall–Kier alpha value is -3.69. The van der Waals surface area contributed by atoms with E-state index in [1.165, 1.54) is 0 Å². The second-order valence-corrected chi connectivity index (χ2v) is 8.44. The van der Waals surface area contributed by atoms with E-state index in [4.69, 9.17) is 14.2 Å². The number of carbonyl (C=O) groups excluding carboxylic acids is 1. The van der Waals surface area contributed by atoms with Crippen LogP contribution in [0.25, 0.3) is 11.3 Å². The predicted molar refractivity (Wildman–Crippen MR) is 134 cm³/mol. The monoisotopic (exact) mass is 475 g/mol. The van der Waals surface area contributed by atoms with Crippen molar-refractivity contribution >= 4 is 28.9 Å². The molecule has 0 unspecified atom stereocenters. The van der Waals surface area contributed by atoms with Gasteiger partial charge in [-0.25, -0.2) is 9.97 Å². The van der Waals surface area contributed by atoms with Crippen LogP contribution in [0.4, 0.5) is 23.0 Å². The number of morpholine rings is 1. The van der Waals surface area contributed by atoms with Crippen molar-refractivity contribution in [2.75, 3.05) is 55.6 Å². The highest BCUT2D eigenvalue weighted by Crippen LogP contribution is 2.32. The van der Waals surface area contributed by atoms with Gasteiger partial charge in [0.05, 0.1) is 31.7 Å². The maximum atomic E-state index is 12.3. The summed E-state index contributed by atoms with van der Waals surface area (Å²) in [5, 5.41) is 6.19. The first kappa shape index (κ1) is 23.1. The number of aromatic nitrogens is 2. The molecule has 3 heterocycles. The molecule has 0 bridgehead atoms. The third-order valence-corrected chi connectivity index (χ3v) is 6.11. The maximum absolute atomic E-state index is 12.3. The minimum atomic E-state index is -0.355. The molecule has 2 saturated heterocycles. The summed E-state index contributed by atoms with van der Waals surface area (Å²) >= 11 is 0. The molecule has 0 radical (unpaired) electrons. The molecule has 1 aromatic heterocycles. The Kier molecular flexibility index (Phi) is 7.06. The van der Waals surface area contributed by atoms with Crippen LogP contribution in [-0.4, -0.2) is 62.0 Å². The van der Waals surface area contributed by atoms with Crippen molar-refractivity contribution in [3.63, 3.8) is 0 Å². The number of nitrogens with zero attached hydrogens (tertiary/aromatic N) is 3. The fourth-order valence-electron chi connectivity index (χ4n) is 4.26. The Morgan fingerprint density at radius 3 is 2.60 bits per heavy atom. The van der Waals surface area contributed by atoms with Gasteiger partial charge < -0.3 is 29.7 Å². The molecular weight excluding hydrogens is 446 g/mol. The number of anilines is 4. The summed E-state index contributed by atoms with van der Waals surface area (Å²) < 4.78 is 16.5. The van der Waals surface area contributed by atoms with E-state index >= 15 is 0 Å². The van der Waals surface area contributed by atoms with Crippen molar-refractivity contribution in [2.24, 2.45) is 0 Å². The van der Waals surface area contributed by atoms with Gasteiger partial charge in [-0.2, -0.15) is 0 Å². The molecule has 5 rings (SSSR count). The number of benzene rings is 2. The Labute approximate surface area is 204 Å².